The standard InChI is InChI=1S/C21H28BCl2N5O3Si/c1-13-16(11-25-22(2)31)19(15-7-6-14(23)10-17(15)24)29-12-18(27-20(29)26-13)28-21(30)32-8-9-33(3,4)5/h6-7,10,12,25,31H,8-9,11H2,1-5H3,(H,28,30). The molecule has 0 atom stereocenters. The Morgan fingerprint density at radius 1 is 1.27 bits per heavy atom. The van der Waals surface area contributed by atoms with E-state index >= 15 is 0 Å². The van der Waals surface area contributed by atoms with E-state index in [4.69, 9.17) is 27.9 Å². The first kappa shape index (κ1) is 25.5. The van der Waals surface area contributed by atoms with Gasteiger partial charge in [0.1, 0.15) is 0 Å². The molecular formula is C21H28BCl2N5O3Si. The monoisotopic (exact) mass is 507 g/mol. The molecule has 0 radical (unpaired) electrons. The van der Waals surface area contributed by atoms with Crippen molar-refractivity contribution >= 4 is 56.0 Å². The van der Waals surface area contributed by atoms with E-state index in [9.17, 15) is 9.82 Å². The second-order valence-corrected chi connectivity index (χ2v) is 15.5. The van der Waals surface area contributed by atoms with Crippen molar-refractivity contribution in [3.63, 3.8) is 0 Å². The molecular weight excluding hydrogens is 480 g/mol. The minimum Gasteiger partial charge on any atom is -0.450 e. The molecule has 0 bridgehead atoms. The zero-order chi connectivity index (χ0) is 24.3. The number of nitrogens with zero attached hydrogens (tertiary/aromatic N) is 3. The summed E-state index contributed by atoms with van der Waals surface area (Å²) in [6.45, 7) is 10.9. The molecule has 3 N–H and O–H groups in total. The highest BCUT2D eigenvalue weighted by Gasteiger charge is 2.20. The van der Waals surface area contributed by atoms with Crippen molar-refractivity contribution in [1.82, 2.24) is 19.6 Å². The van der Waals surface area contributed by atoms with Crippen molar-refractivity contribution in [3.05, 3.63) is 45.7 Å². The molecule has 0 aliphatic carbocycles. The number of fused-ring (bicyclic) bond motifs is 1. The molecule has 0 aliphatic heterocycles. The summed E-state index contributed by atoms with van der Waals surface area (Å²) in [7, 11) is -2.01. The zero-order valence-electron chi connectivity index (χ0n) is 19.4. The van der Waals surface area contributed by atoms with E-state index in [2.05, 4.69) is 40.2 Å². The molecule has 1 amide bonds. The second kappa shape index (κ2) is 10.4. The highest BCUT2D eigenvalue weighted by atomic mass is 35.5. The van der Waals surface area contributed by atoms with Gasteiger partial charge in [-0.25, -0.2) is 9.78 Å². The first-order valence-electron chi connectivity index (χ1n) is 10.6. The Hall–Kier alpha value is -2.11. The Balaban J connectivity index is 2.00. The van der Waals surface area contributed by atoms with Crippen molar-refractivity contribution in [3.8, 4) is 11.3 Å². The molecule has 0 aliphatic rings. The van der Waals surface area contributed by atoms with Gasteiger partial charge in [0.25, 0.3) is 0 Å². The molecule has 8 nitrogen and oxygen atoms in total. The number of carbonyl (C=O) groups is 1. The molecule has 3 aromatic rings. The van der Waals surface area contributed by atoms with Gasteiger partial charge in [-0.2, -0.15) is 4.98 Å². The maximum atomic E-state index is 12.3. The Bertz CT molecular complexity index is 1170. The van der Waals surface area contributed by atoms with Crippen molar-refractivity contribution in [2.24, 2.45) is 0 Å². The number of nitrogens with one attached hydrogen (secondary N) is 2. The van der Waals surface area contributed by atoms with Gasteiger partial charge >= 0.3 is 13.1 Å². The van der Waals surface area contributed by atoms with Gasteiger partial charge in [-0.15, -0.1) is 0 Å². The van der Waals surface area contributed by atoms with Crippen LogP contribution in [0, 0.1) is 6.92 Å². The van der Waals surface area contributed by atoms with E-state index in [1.54, 1.807) is 29.6 Å². The van der Waals surface area contributed by atoms with Gasteiger partial charge in [0, 0.05) is 36.5 Å². The first-order valence-corrected chi connectivity index (χ1v) is 15.1. The van der Waals surface area contributed by atoms with Gasteiger partial charge in [0.15, 0.2) is 5.82 Å². The predicted octanol–water partition coefficient (Wildman–Crippen LogP) is 5.10. The molecule has 3 rings (SSSR count). The molecule has 0 fully saturated rings. The zero-order valence-corrected chi connectivity index (χ0v) is 21.9. The van der Waals surface area contributed by atoms with Crippen LogP contribution in [0.1, 0.15) is 11.3 Å². The summed E-state index contributed by atoms with van der Waals surface area (Å²) < 4.78 is 7.08. The van der Waals surface area contributed by atoms with Gasteiger partial charge in [-0.05, 0) is 38.0 Å². The molecule has 0 saturated heterocycles. The highest BCUT2D eigenvalue weighted by molar-refractivity contribution is 6.76. The third-order valence-corrected chi connectivity index (χ3v) is 7.25. The second-order valence-electron chi connectivity index (χ2n) is 9.07. The summed E-state index contributed by atoms with van der Waals surface area (Å²) >= 11 is 12.6. The summed E-state index contributed by atoms with van der Waals surface area (Å²) in [5.74, 6) is 0.707. The molecule has 33 heavy (non-hydrogen) atoms. The molecule has 0 unspecified atom stereocenters. The van der Waals surface area contributed by atoms with Crippen LogP contribution in [0.15, 0.2) is 24.4 Å². The third kappa shape index (κ3) is 6.70. The van der Waals surface area contributed by atoms with Crippen LogP contribution in [0.25, 0.3) is 17.0 Å². The SMILES string of the molecule is CB(O)NCc1c(C)nc2nc(NC(=O)OCC[Si](C)(C)C)cn2c1-c1ccc(Cl)cc1Cl. The number of carbonyl (C=O) groups excluding carboxylic acids is 1. The fourth-order valence-electron chi connectivity index (χ4n) is 3.23. The molecule has 1 aromatic carbocycles. The quantitative estimate of drug-likeness (QED) is 0.367. The van der Waals surface area contributed by atoms with Crippen molar-refractivity contribution < 1.29 is 14.6 Å². The number of rotatable bonds is 8. The minimum atomic E-state index is -1.31. The lowest BCUT2D eigenvalue weighted by Gasteiger charge is -2.17. The lowest BCUT2D eigenvalue weighted by Crippen LogP contribution is -2.30. The van der Waals surface area contributed by atoms with E-state index in [0.717, 1.165) is 22.9 Å². The Morgan fingerprint density at radius 3 is 2.64 bits per heavy atom. The molecule has 2 aromatic heterocycles. The number of imidazole rings is 1. The Labute approximate surface area is 204 Å². The number of aryl methyl sites for hydroxylation is 1. The van der Waals surface area contributed by atoms with Crippen LogP contribution < -0.4 is 10.5 Å². The largest absolute Gasteiger partial charge is 0.450 e. The number of aromatic nitrogens is 3. The van der Waals surface area contributed by atoms with Crippen LogP contribution >= 0.6 is 23.2 Å². The Morgan fingerprint density at radius 2 is 2.00 bits per heavy atom. The van der Waals surface area contributed by atoms with Crippen LogP contribution in [0.4, 0.5) is 10.6 Å². The van der Waals surface area contributed by atoms with Crippen LogP contribution in [-0.4, -0.2) is 47.2 Å². The summed E-state index contributed by atoms with van der Waals surface area (Å²) in [4.78, 5) is 21.3. The number of ether oxygens (including phenoxy) is 1. The van der Waals surface area contributed by atoms with E-state index in [1.807, 2.05) is 13.0 Å². The topological polar surface area (TPSA) is 101 Å². The van der Waals surface area contributed by atoms with Gasteiger partial charge < -0.3 is 15.0 Å². The van der Waals surface area contributed by atoms with E-state index in [1.165, 1.54) is 0 Å². The molecule has 0 saturated carbocycles. The first-order chi connectivity index (χ1) is 15.4. The molecule has 2 heterocycles. The van der Waals surface area contributed by atoms with Crippen molar-refractivity contribution in [2.45, 2.75) is 46.0 Å². The minimum absolute atomic E-state index is 0.312. The van der Waals surface area contributed by atoms with Crippen LogP contribution in [0.3, 0.4) is 0 Å². The van der Waals surface area contributed by atoms with Crippen LogP contribution in [0.5, 0.6) is 0 Å². The molecule has 176 valence electrons. The summed E-state index contributed by atoms with van der Waals surface area (Å²) in [6.07, 6.45) is 1.11. The van der Waals surface area contributed by atoms with Gasteiger partial charge in [-0.3, -0.25) is 9.72 Å². The smallest absolute Gasteiger partial charge is 0.412 e. The van der Waals surface area contributed by atoms with Gasteiger partial charge in [0.2, 0.25) is 5.78 Å². The van der Waals surface area contributed by atoms with Crippen LogP contribution in [-0.2, 0) is 11.3 Å². The van der Waals surface area contributed by atoms with Crippen LogP contribution in [0.2, 0.25) is 42.6 Å². The fourth-order valence-corrected chi connectivity index (χ4v) is 4.45. The number of anilines is 1. The average Bonchev–Trinajstić information content (AvgIpc) is 3.06. The van der Waals surface area contributed by atoms with Gasteiger partial charge in [-0.1, -0.05) is 42.8 Å². The summed E-state index contributed by atoms with van der Waals surface area (Å²) in [5.41, 5.74) is 3.00. The van der Waals surface area contributed by atoms with E-state index in [0.29, 0.717) is 40.5 Å². The van der Waals surface area contributed by atoms with Crippen molar-refractivity contribution in [2.75, 3.05) is 11.9 Å². The summed E-state index contributed by atoms with van der Waals surface area (Å²) in [6, 6.07) is 6.12. The average molecular weight is 508 g/mol. The lowest BCUT2D eigenvalue weighted by atomic mass is 9.88. The maximum absolute atomic E-state index is 12.3. The fraction of sp³-hybridized carbons (Fsp3) is 0.381. The van der Waals surface area contributed by atoms with Gasteiger partial charge in [0.05, 0.1) is 23.5 Å². The highest BCUT2D eigenvalue weighted by Crippen LogP contribution is 2.34. The van der Waals surface area contributed by atoms with Crippen molar-refractivity contribution in [1.29, 1.82) is 0 Å². The number of halogens is 2. The molecule has 0 spiro atoms. The lowest BCUT2D eigenvalue weighted by molar-refractivity contribution is 0.167. The maximum Gasteiger partial charge on any atom is 0.412 e. The predicted molar refractivity (Wildman–Crippen MR) is 137 cm³/mol. The number of benzene rings is 1. The summed E-state index contributed by atoms with van der Waals surface area (Å²) in [5, 5.41) is 16.4. The van der Waals surface area contributed by atoms with E-state index in [-0.39, 0.29) is 0 Å². The normalized spacial score (nSPS) is 11.6. The number of hydrogen-bond donors (Lipinski definition) is 3. The molecule has 12 heteroatoms. The number of hydrogen-bond acceptors (Lipinski definition) is 6. The Kier molecular flexibility index (Phi) is 8.07. The third-order valence-electron chi connectivity index (χ3n) is 4.99. The number of amides is 1. The van der Waals surface area contributed by atoms with E-state index < -0.39 is 21.2 Å².